The second-order valence-electron chi connectivity index (χ2n) is 5.20. The molecule has 25 heavy (non-hydrogen) atoms. The molecule has 0 aliphatic heterocycles. The van der Waals surface area contributed by atoms with Gasteiger partial charge in [-0.1, -0.05) is 6.07 Å². The maximum Gasteiger partial charge on any atom is 0.291 e. The van der Waals surface area contributed by atoms with Crippen LogP contribution >= 0.6 is 0 Å². The summed E-state index contributed by atoms with van der Waals surface area (Å²) >= 11 is 0. The van der Waals surface area contributed by atoms with E-state index in [1.54, 1.807) is 60.5 Å². The summed E-state index contributed by atoms with van der Waals surface area (Å²) < 4.78 is 12.1. The molecule has 2 amide bonds. The molecular weight excluding hydrogens is 324 g/mol. The lowest BCUT2D eigenvalue weighted by Crippen LogP contribution is -2.20. The highest BCUT2D eigenvalue weighted by atomic mass is 16.5. The summed E-state index contributed by atoms with van der Waals surface area (Å²) in [6, 6.07) is 9.95. The molecule has 0 radical (unpaired) electrons. The summed E-state index contributed by atoms with van der Waals surface area (Å²) in [5, 5.41) is 9.32. The summed E-state index contributed by atoms with van der Waals surface area (Å²) in [6.45, 7) is -0.162. The van der Waals surface area contributed by atoms with Crippen molar-refractivity contribution in [1.29, 1.82) is 0 Å². The van der Waals surface area contributed by atoms with Crippen LogP contribution in [0.5, 0.6) is 5.75 Å². The Morgan fingerprint density at radius 3 is 2.80 bits per heavy atom. The Bertz CT molecular complexity index is 870. The van der Waals surface area contributed by atoms with Crippen LogP contribution in [0, 0.1) is 0 Å². The Morgan fingerprint density at radius 1 is 1.20 bits per heavy atom. The van der Waals surface area contributed by atoms with Gasteiger partial charge in [0.15, 0.2) is 12.4 Å². The van der Waals surface area contributed by atoms with E-state index in [1.807, 2.05) is 0 Å². The molecule has 0 saturated heterocycles. The Balaban J connectivity index is 1.54. The maximum absolute atomic E-state index is 11.9. The van der Waals surface area contributed by atoms with Gasteiger partial charge in [-0.3, -0.25) is 14.3 Å². The molecule has 2 aromatic heterocycles. The third-order valence-corrected chi connectivity index (χ3v) is 3.20. The number of ether oxygens (including phenoxy) is 1. The Kier molecular flexibility index (Phi) is 4.79. The quantitative estimate of drug-likeness (QED) is 0.717. The fourth-order valence-electron chi connectivity index (χ4n) is 2.10. The molecule has 8 nitrogen and oxygen atoms in total. The van der Waals surface area contributed by atoms with Crippen LogP contribution in [-0.2, 0) is 11.8 Å². The number of aryl methyl sites for hydroxylation is 1. The second-order valence-corrected chi connectivity index (χ2v) is 5.20. The lowest BCUT2D eigenvalue weighted by atomic mass is 10.3. The smallest absolute Gasteiger partial charge is 0.291 e. The number of amides is 2. The van der Waals surface area contributed by atoms with Gasteiger partial charge in [0, 0.05) is 25.0 Å². The monoisotopic (exact) mass is 340 g/mol. The molecule has 1 aromatic carbocycles. The number of furan rings is 1. The zero-order chi connectivity index (χ0) is 17.6. The van der Waals surface area contributed by atoms with E-state index in [2.05, 4.69) is 15.7 Å². The van der Waals surface area contributed by atoms with Gasteiger partial charge in [0.2, 0.25) is 0 Å². The van der Waals surface area contributed by atoms with E-state index in [0.717, 1.165) is 0 Å². The highest BCUT2D eigenvalue weighted by molar-refractivity contribution is 6.02. The van der Waals surface area contributed by atoms with Gasteiger partial charge in [-0.15, -0.1) is 0 Å². The number of nitrogens with zero attached hydrogens (tertiary/aromatic N) is 2. The van der Waals surface area contributed by atoms with Crippen molar-refractivity contribution in [2.24, 2.45) is 7.05 Å². The molecule has 0 fully saturated rings. The van der Waals surface area contributed by atoms with Crippen molar-refractivity contribution in [1.82, 2.24) is 9.78 Å². The first-order valence-electron chi connectivity index (χ1n) is 7.46. The molecule has 2 heterocycles. The third-order valence-electron chi connectivity index (χ3n) is 3.20. The van der Waals surface area contributed by atoms with Gasteiger partial charge in [-0.05, 0) is 24.3 Å². The number of hydrogen-bond donors (Lipinski definition) is 2. The van der Waals surface area contributed by atoms with Crippen LogP contribution in [0.3, 0.4) is 0 Å². The number of aromatic nitrogens is 2. The topological polar surface area (TPSA) is 98.4 Å². The lowest BCUT2D eigenvalue weighted by molar-refractivity contribution is -0.118. The summed E-state index contributed by atoms with van der Waals surface area (Å²) in [7, 11) is 1.76. The normalized spacial score (nSPS) is 10.3. The Hall–Kier alpha value is -3.55. The number of nitrogens with one attached hydrogen (secondary N) is 2. The molecule has 0 saturated carbocycles. The maximum atomic E-state index is 11.9. The minimum Gasteiger partial charge on any atom is -0.484 e. The third kappa shape index (κ3) is 4.47. The number of rotatable bonds is 6. The minimum atomic E-state index is -0.364. The summed E-state index contributed by atoms with van der Waals surface area (Å²) in [5.41, 5.74) is 1.13. The molecule has 2 N–H and O–H groups in total. The van der Waals surface area contributed by atoms with Crippen molar-refractivity contribution >= 4 is 23.2 Å². The lowest BCUT2D eigenvalue weighted by Gasteiger charge is -2.08. The van der Waals surface area contributed by atoms with Crippen LogP contribution in [0.15, 0.2) is 59.5 Å². The Morgan fingerprint density at radius 2 is 2.08 bits per heavy atom. The second kappa shape index (κ2) is 7.35. The number of carbonyl (C=O) groups excluding carboxylic acids is 2. The molecule has 128 valence electrons. The van der Waals surface area contributed by atoms with Crippen molar-refractivity contribution in [3.63, 3.8) is 0 Å². The average molecular weight is 340 g/mol. The minimum absolute atomic E-state index is 0.162. The summed E-state index contributed by atoms with van der Waals surface area (Å²) in [6.07, 6.45) is 4.65. The molecule has 0 atom stereocenters. The first kappa shape index (κ1) is 16.3. The van der Waals surface area contributed by atoms with Crippen molar-refractivity contribution in [2.45, 2.75) is 0 Å². The highest BCUT2D eigenvalue weighted by Gasteiger charge is 2.10. The SMILES string of the molecule is Cn1cc(NC(=O)COc2cccc(NC(=O)c3ccco3)c2)cn1. The van der Waals surface area contributed by atoms with Gasteiger partial charge < -0.3 is 19.8 Å². The van der Waals surface area contributed by atoms with E-state index in [4.69, 9.17) is 9.15 Å². The van der Waals surface area contributed by atoms with Gasteiger partial charge >= 0.3 is 0 Å². The molecular formula is C17H16N4O4. The van der Waals surface area contributed by atoms with Crippen molar-refractivity contribution < 1.29 is 18.7 Å². The van der Waals surface area contributed by atoms with Crippen molar-refractivity contribution in [2.75, 3.05) is 17.2 Å². The molecule has 3 rings (SSSR count). The fraction of sp³-hybridized carbons (Fsp3) is 0.118. The average Bonchev–Trinajstić information content (AvgIpc) is 3.25. The standard InChI is InChI=1S/C17H16N4O4/c1-21-10-13(9-18-21)19-16(22)11-25-14-5-2-4-12(8-14)20-17(23)15-6-3-7-24-15/h2-10H,11H2,1H3,(H,19,22)(H,20,23). The summed E-state index contributed by atoms with van der Waals surface area (Å²) in [5.74, 6) is -0.00440. The fourth-order valence-corrected chi connectivity index (χ4v) is 2.10. The van der Waals surface area contributed by atoms with Gasteiger partial charge in [0.25, 0.3) is 11.8 Å². The summed E-state index contributed by atoms with van der Waals surface area (Å²) in [4.78, 5) is 23.8. The van der Waals surface area contributed by atoms with E-state index in [1.165, 1.54) is 6.26 Å². The van der Waals surface area contributed by atoms with Gasteiger partial charge in [0.05, 0.1) is 18.1 Å². The first-order chi connectivity index (χ1) is 12.1. The predicted octanol–water partition coefficient (Wildman–Crippen LogP) is 2.28. The van der Waals surface area contributed by atoms with E-state index in [9.17, 15) is 9.59 Å². The molecule has 0 bridgehead atoms. The van der Waals surface area contributed by atoms with Gasteiger partial charge in [-0.25, -0.2) is 0 Å². The van der Waals surface area contributed by atoms with Crippen molar-refractivity contribution in [3.05, 3.63) is 60.8 Å². The van der Waals surface area contributed by atoms with E-state index in [-0.39, 0.29) is 24.2 Å². The molecule has 0 aliphatic rings. The van der Waals surface area contributed by atoms with Gasteiger partial charge in [-0.2, -0.15) is 5.10 Å². The molecule has 0 spiro atoms. The molecule has 8 heteroatoms. The van der Waals surface area contributed by atoms with Crippen LogP contribution in [0.2, 0.25) is 0 Å². The van der Waals surface area contributed by atoms with E-state index < -0.39 is 0 Å². The predicted molar refractivity (Wildman–Crippen MR) is 90.4 cm³/mol. The Labute approximate surface area is 143 Å². The molecule has 3 aromatic rings. The van der Waals surface area contributed by atoms with E-state index in [0.29, 0.717) is 17.1 Å². The van der Waals surface area contributed by atoms with E-state index >= 15 is 0 Å². The zero-order valence-electron chi connectivity index (χ0n) is 13.4. The first-order valence-corrected chi connectivity index (χ1v) is 7.46. The molecule has 0 aliphatic carbocycles. The largest absolute Gasteiger partial charge is 0.484 e. The molecule has 0 unspecified atom stereocenters. The number of benzene rings is 1. The van der Waals surface area contributed by atoms with Gasteiger partial charge in [0.1, 0.15) is 5.75 Å². The van der Waals surface area contributed by atoms with Crippen molar-refractivity contribution in [3.8, 4) is 5.75 Å². The van der Waals surface area contributed by atoms with Crippen LogP contribution in [-0.4, -0.2) is 28.2 Å². The number of hydrogen-bond acceptors (Lipinski definition) is 5. The highest BCUT2D eigenvalue weighted by Crippen LogP contribution is 2.18. The number of anilines is 2. The number of carbonyl (C=O) groups is 2. The van der Waals surface area contributed by atoms with Crippen LogP contribution in [0.4, 0.5) is 11.4 Å². The van der Waals surface area contributed by atoms with Crippen LogP contribution in [0.25, 0.3) is 0 Å². The zero-order valence-corrected chi connectivity index (χ0v) is 13.4. The van der Waals surface area contributed by atoms with Crippen LogP contribution < -0.4 is 15.4 Å². The van der Waals surface area contributed by atoms with Crippen LogP contribution in [0.1, 0.15) is 10.6 Å².